The molecule has 1 atom stereocenters. The van der Waals surface area contributed by atoms with Gasteiger partial charge < -0.3 is 15.7 Å². The van der Waals surface area contributed by atoms with Crippen LogP contribution < -0.4 is 10.6 Å². The third kappa shape index (κ3) is 26.2. The summed E-state index contributed by atoms with van der Waals surface area (Å²) in [4.78, 5) is 26.4. The van der Waals surface area contributed by atoms with E-state index in [-0.39, 0.29) is 11.8 Å². The molecule has 1 aromatic rings. The van der Waals surface area contributed by atoms with E-state index < -0.39 is 6.04 Å². The van der Waals surface area contributed by atoms with Crippen LogP contribution >= 0.6 is 0 Å². The number of nitrogens with one attached hydrogen (secondary N) is 2. The van der Waals surface area contributed by atoms with Crippen molar-refractivity contribution < 1.29 is 14.7 Å². The largest absolute Gasteiger partial charge is 0.507 e. The highest BCUT2D eigenvalue weighted by atomic mass is 16.3. The second kappa shape index (κ2) is 33.5. The van der Waals surface area contributed by atoms with Crippen molar-refractivity contribution >= 4 is 11.8 Å². The predicted octanol–water partition coefficient (Wildman–Crippen LogP) is 12.9. The number of amides is 2. The molecule has 0 aliphatic heterocycles. The molecule has 0 aliphatic rings. The van der Waals surface area contributed by atoms with Crippen LogP contribution in [0, 0.1) is 6.92 Å². The summed E-state index contributed by atoms with van der Waals surface area (Å²) < 4.78 is 0. The Morgan fingerprint density at radius 3 is 1.57 bits per heavy atom. The van der Waals surface area contributed by atoms with E-state index in [1.807, 2.05) is 26.0 Å². The van der Waals surface area contributed by atoms with Gasteiger partial charge in [0.25, 0.3) is 0 Å². The van der Waals surface area contributed by atoms with Gasteiger partial charge >= 0.3 is 0 Å². The fourth-order valence-electron chi connectivity index (χ4n) is 7.04. The summed E-state index contributed by atoms with van der Waals surface area (Å²) >= 11 is 0. The Hall–Kier alpha value is -2.30. The number of aryl methyl sites for hydroxylation is 2. The van der Waals surface area contributed by atoms with E-state index in [2.05, 4.69) is 36.6 Å². The molecule has 0 radical (unpaired) electrons. The molecule has 0 heterocycles. The smallest absolute Gasteiger partial charge is 0.242 e. The number of aromatic hydroxyl groups is 1. The van der Waals surface area contributed by atoms with E-state index in [1.54, 1.807) is 0 Å². The Morgan fingerprint density at radius 1 is 0.627 bits per heavy atom. The minimum Gasteiger partial charge on any atom is -0.507 e. The Morgan fingerprint density at radius 2 is 1.08 bits per heavy atom. The van der Waals surface area contributed by atoms with Crippen molar-refractivity contribution in [3.63, 3.8) is 0 Å². The summed E-state index contributed by atoms with van der Waals surface area (Å²) in [6.07, 6.45) is 40.6. The highest BCUT2D eigenvalue weighted by Crippen LogP contribution is 2.25. The number of phenolic OH excluding ortho intramolecular Hbond substituents is 1. The number of unbranched alkanes of at least 4 members (excludes halogenated alkanes) is 24. The van der Waals surface area contributed by atoms with Gasteiger partial charge in [-0.25, -0.2) is 0 Å². The van der Waals surface area contributed by atoms with Gasteiger partial charge in [0.15, 0.2) is 0 Å². The van der Waals surface area contributed by atoms with Crippen LogP contribution in [-0.2, 0) is 22.4 Å². The number of allylic oxidation sites excluding steroid dienone is 2. The number of hydrogen-bond donors (Lipinski definition) is 3. The van der Waals surface area contributed by atoms with Crippen LogP contribution in [0.3, 0.4) is 0 Å². The molecule has 1 unspecified atom stereocenters. The number of phenols is 1. The van der Waals surface area contributed by atoms with E-state index in [9.17, 15) is 14.7 Å². The molecule has 1 rings (SSSR count). The van der Waals surface area contributed by atoms with Crippen molar-refractivity contribution in [1.82, 2.24) is 10.6 Å². The zero-order valence-electron chi connectivity index (χ0n) is 34.1. The first-order chi connectivity index (χ1) is 24.9. The lowest BCUT2D eigenvalue weighted by Crippen LogP contribution is -2.48. The second-order valence-corrected chi connectivity index (χ2v) is 15.3. The highest BCUT2D eigenvalue weighted by Gasteiger charge is 2.22. The Balaban J connectivity index is 2.35. The maximum absolute atomic E-state index is 13.4. The molecule has 0 saturated heterocycles. The standard InChI is InChI=1S/C46H82N2O3/c1-5-8-10-12-14-16-18-20-22-23-25-27-29-31-33-35-44(49)48-43(39-41-37-40(4)45(50)42(7-3)38-41)46(51)47-36-34-32-30-28-26-24-21-19-17-15-13-11-9-6-2/h20,22,37-38,43,50H,5-19,21,23-36,39H2,1-4H3,(H,47,51)(H,48,49). The molecule has 5 nitrogen and oxygen atoms in total. The molecule has 2 amide bonds. The van der Waals surface area contributed by atoms with Gasteiger partial charge in [0, 0.05) is 19.4 Å². The van der Waals surface area contributed by atoms with Crippen LogP contribution in [0.4, 0.5) is 0 Å². The molecule has 0 fully saturated rings. The van der Waals surface area contributed by atoms with E-state index in [1.165, 1.54) is 135 Å². The van der Waals surface area contributed by atoms with Gasteiger partial charge in [0.2, 0.25) is 11.8 Å². The van der Waals surface area contributed by atoms with Crippen LogP contribution in [0.25, 0.3) is 0 Å². The van der Waals surface area contributed by atoms with Crippen LogP contribution in [0.2, 0.25) is 0 Å². The van der Waals surface area contributed by atoms with Gasteiger partial charge in [-0.05, 0) is 68.6 Å². The number of carbonyl (C=O) groups excluding carboxylic acids is 2. The Kier molecular flexibility index (Phi) is 30.7. The minimum atomic E-state index is -0.610. The van der Waals surface area contributed by atoms with Crippen LogP contribution in [0.5, 0.6) is 5.75 Å². The molecule has 0 aliphatic carbocycles. The zero-order chi connectivity index (χ0) is 37.2. The minimum absolute atomic E-state index is 0.0458. The molecule has 3 N–H and O–H groups in total. The van der Waals surface area contributed by atoms with Crippen molar-refractivity contribution in [3.05, 3.63) is 41.0 Å². The lowest BCUT2D eigenvalue weighted by atomic mass is 9.97. The number of carbonyl (C=O) groups is 2. The number of hydrogen-bond acceptors (Lipinski definition) is 3. The van der Waals surface area contributed by atoms with Crippen molar-refractivity contribution in [2.75, 3.05) is 6.54 Å². The molecular weight excluding hydrogens is 629 g/mol. The van der Waals surface area contributed by atoms with E-state index in [0.717, 1.165) is 61.6 Å². The van der Waals surface area contributed by atoms with Gasteiger partial charge in [-0.1, -0.05) is 180 Å². The monoisotopic (exact) mass is 711 g/mol. The predicted molar refractivity (Wildman–Crippen MR) is 221 cm³/mol. The van der Waals surface area contributed by atoms with Gasteiger partial charge in [-0.2, -0.15) is 0 Å². The fraction of sp³-hybridized carbons (Fsp3) is 0.783. The lowest BCUT2D eigenvalue weighted by Gasteiger charge is -2.20. The molecule has 51 heavy (non-hydrogen) atoms. The summed E-state index contributed by atoms with van der Waals surface area (Å²) in [7, 11) is 0. The Labute approximate surface area is 316 Å². The van der Waals surface area contributed by atoms with Gasteiger partial charge in [-0.15, -0.1) is 0 Å². The van der Waals surface area contributed by atoms with Crippen molar-refractivity contribution in [3.8, 4) is 5.75 Å². The first-order valence-electron chi connectivity index (χ1n) is 22.0. The summed E-state index contributed by atoms with van der Waals surface area (Å²) in [6, 6.07) is 3.31. The molecule has 1 aromatic carbocycles. The average molecular weight is 711 g/mol. The van der Waals surface area contributed by atoms with Crippen LogP contribution in [-0.4, -0.2) is 29.5 Å². The molecule has 0 aromatic heterocycles. The summed E-state index contributed by atoms with van der Waals surface area (Å²) in [5.41, 5.74) is 2.66. The van der Waals surface area contributed by atoms with E-state index in [0.29, 0.717) is 25.1 Å². The molecule has 294 valence electrons. The summed E-state index contributed by atoms with van der Waals surface area (Å²) in [6.45, 7) is 9.11. The van der Waals surface area contributed by atoms with Crippen molar-refractivity contribution in [1.29, 1.82) is 0 Å². The number of benzene rings is 1. The third-order valence-corrected chi connectivity index (χ3v) is 10.4. The normalized spacial score (nSPS) is 12.1. The first kappa shape index (κ1) is 46.7. The van der Waals surface area contributed by atoms with E-state index in [4.69, 9.17) is 0 Å². The average Bonchev–Trinajstić information content (AvgIpc) is 3.12. The van der Waals surface area contributed by atoms with E-state index >= 15 is 0 Å². The first-order valence-corrected chi connectivity index (χ1v) is 22.0. The lowest BCUT2D eigenvalue weighted by molar-refractivity contribution is -0.129. The molecular formula is C46H82N2O3. The number of rotatable bonds is 35. The topological polar surface area (TPSA) is 78.4 Å². The maximum atomic E-state index is 13.4. The van der Waals surface area contributed by atoms with Crippen molar-refractivity contribution in [2.24, 2.45) is 0 Å². The molecule has 0 bridgehead atoms. The summed E-state index contributed by atoms with van der Waals surface area (Å²) in [5.74, 6) is 0.176. The van der Waals surface area contributed by atoms with Gasteiger partial charge in [0.05, 0.1) is 0 Å². The SMILES string of the molecule is CCCCCCCCC=CCCCCCCCC(=O)NC(Cc1cc(C)c(O)c(CC)c1)C(=O)NCCCCCCCCCCCCCCCC. The van der Waals surface area contributed by atoms with Crippen LogP contribution in [0.1, 0.15) is 217 Å². The highest BCUT2D eigenvalue weighted by molar-refractivity contribution is 5.87. The quantitative estimate of drug-likeness (QED) is 0.0485. The maximum Gasteiger partial charge on any atom is 0.242 e. The Bertz CT molecular complexity index is 1020. The third-order valence-electron chi connectivity index (χ3n) is 10.4. The zero-order valence-corrected chi connectivity index (χ0v) is 34.1. The molecule has 5 heteroatoms. The second-order valence-electron chi connectivity index (χ2n) is 15.3. The fourth-order valence-corrected chi connectivity index (χ4v) is 7.04. The molecule has 0 spiro atoms. The molecule has 0 saturated carbocycles. The van der Waals surface area contributed by atoms with Gasteiger partial charge in [-0.3, -0.25) is 9.59 Å². The summed E-state index contributed by atoms with van der Waals surface area (Å²) in [5, 5.41) is 16.6. The van der Waals surface area contributed by atoms with Crippen molar-refractivity contribution in [2.45, 2.75) is 226 Å². The van der Waals surface area contributed by atoms with Crippen LogP contribution in [0.15, 0.2) is 24.3 Å². The van der Waals surface area contributed by atoms with Gasteiger partial charge in [0.1, 0.15) is 11.8 Å².